The molecule has 1 saturated heterocycles. The molecule has 1 aromatic heterocycles. The molecule has 2 aromatic rings. The number of ether oxygens (including phenoxy) is 3. The molecule has 1 unspecified atom stereocenters. The molecule has 0 saturated carbocycles. The second kappa shape index (κ2) is 14.5. The standard InChI is InChI=1S/C20H26N4O4.C6H8O7/c1-15(25)11-23(12-16-2-3-18-19(10-16)28-14-27-18)13-17-4-5-21-20(22-17)24-6-8-26-9-7-24;7-3(8)1-6(13,5(11)12)2-4(9)10/h2-5,10,15,25H,6-9,11-14H2,1H3;13H,1-2H2,(H,7,8)(H,9,10)(H,11,12). The molecule has 0 spiro atoms. The van der Waals surface area contributed by atoms with Crippen LogP contribution in [0.25, 0.3) is 0 Å². The van der Waals surface area contributed by atoms with Gasteiger partial charge in [0.2, 0.25) is 12.7 Å². The third kappa shape index (κ3) is 9.82. The zero-order chi connectivity index (χ0) is 30.0. The maximum absolute atomic E-state index is 10.3. The predicted molar refractivity (Wildman–Crippen MR) is 141 cm³/mol. The van der Waals surface area contributed by atoms with Gasteiger partial charge in [-0.2, -0.15) is 0 Å². The molecule has 0 aliphatic carbocycles. The Balaban J connectivity index is 0.000000302. The molecule has 0 amide bonds. The van der Waals surface area contributed by atoms with Gasteiger partial charge >= 0.3 is 17.9 Å². The number of rotatable bonds is 12. The van der Waals surface area contributed by atoms with Crippen LogP contribution in [0.2, 0.25) is 0 Å². The van der Waals surface area contributed by atoms with Gasteiger partial charge in [-0.05, 0) is 30.7 Å². The Morgan fingerprint density at radius 3 is 2.29 bits per heavy atom. The summed E-state index contributed by atoms with van der Waals surface area (Å²) in [6.07, 6.45) is -0.924. The van der Waals surface area contributed by atoms with E-state index in [-0.39, 0.29) is 6.79 Å². The van der Waals surface area contributed by atoms with Crippen LogP contribution in [0, 0.1) is 0 Å². The van der Waals surface area contributed by atoms with Crippen LogP contribution < -0.4 is 14.4 Å². The Kier molecular flexibility index (Phi) is 11.2. The molecule has 2 aliphatic rings. The van der Waals surface area contributed by atoms with E-state index in [0.29, 0.717) is 32.8 Å². The minimum atomic E-state index is -2.74. The maximum atomic E-state index is 10.3. The minimum absolute atomic E-state index is 0.265. The number of aromatic nitrogens is 2. The van der Waals surface area contributed by atoms with Crippen molar-refractivity contribution in [3.05, 3.63) is 41.7 Å². The summed E-state index contributed by atoms with van der Waals surface area (Å²) in [5.41, 5.74) is -0.706. The largest absolute Gasteiger partial charge is 0.481 e. The van der Waals surface area contributed by atoms with Crippen molar-refractivity contribution in [1.29, 1.82) is 0 Å². The highest BCUT2D eigenvalue weighted by Crippen LogP contribution is 2.33. The number of morpholine rings is 1. The van der Waals surface area contributed by atoms with Crippen molar-refractivity contribution in [3.63, 3.8) is 0 Å². The Labute approximate surface area is 235 Å². The molecule has 15 nitrogen and oxygen atoms in total. The summed E-state index contributed by atoms with van der Waals surface area (Å²) in [4.78, 5) is 44.0. The van der Waals surface area contributed by atoms with Crippen LogP contribution >= 0.6 is 0 Å². The molecule has 15 heteroatoms. The van der Waals surface area contributed by atoms with E-state index in [1.807, 2.05) is 24.3 Å². The maximum Gasteiger partial charge on any atom is 0.336 e. The van der Waals surface area contributed by atoms with E-state index in [9.17, 15) is 19.5 Å². The fourth-order valence-corrected chi connectivity index (χ4v) is 4.19. The van der Waals surface area contributed by atoms with Gasteiger partial charge in [-0.1, -0.05) is 6.07 Å². The van der Waals surface area contributed by atoms with E-state index in [1.165, 1.54) is 0 Å². The Hall–Kier alpha value is -4.05. The lowest BCUT2D eigenvalue weighted by atomic mass is 9.96. The number of carbonyl (C=O) groups is 3. The lowest BCUT2D eigenvalue weighted by molar-refractivity contribution is -0.170. The SMILES string of the molecule is CC(O)CN(Cc1ccc2c(c1)OCO2)Cc1ccnc(N2CCOCC2)n1.O=C(O)CC(O)(CC(=O)O)C(=O)O. The van der Waals surface area contributed by atoms with Crippen molar-refractivity contribution in [2.75, 3.05) is 44.5 Å². The van der Waals surface area contributed by atoms with Gasteiger partial charge < -0.3 is 44.6 Å². The summed E-state index contributed by atoms with van der Waals surface area (Å²) in [7, 11) is 0. The van der Waals surface area contributed by atoms with Gasteiger partial charge in [0.15, 0.2) is 17.1 Å². The van der Waals surface area contributed by atoms with E-state index >= 15 is 0 Å². The molecule has 0 radical (unpaired) electrons. The summed E-state index contributed by atoms with van der Waals surface area (Å²) in [5.74, 6) is -2.74. The lowest BCUT2D eigenvalue weighted by Crippen LogP contribution is -2.42. The van der Waals surface area contributed by atoms with Gasteiger partial charge in [-0.3, -0.25) is 14.5 Å². The number of aliphatic hydroxyl groups excluding tert-OH is 1. The first-order valence-electron chi connectivity index (χ1n) is 12.8. The molecule has 41 heavy (non-hydrogen) atoms. The van der Waals surface area contributed by atoms with Gasteiger partial charge in [0.1, 0.15) is 0 Å². The first-order valence-corrected chi connectivity index (χ1v) is 12.8. The second-order valence-corrected chi connectivity index (χ2v) is 9.63. The number of carboxylic acids is 3. The number of aliphatic carboxylic acids is 3. The molecular formula is C26H34N4O11. The van der Waals surface area contributed by atoms with Crippen LogP contribution in [-0.4, -0.2) is 110 Å². The molecule has 3 heterocycles. The molecule has 4 rings (SSSR count). The van der Waals surface area contributed by atoms with Gasteiger partial charge in [-0.15, -0.1) is 0 Å². The third-order valence-electron chi connectivity index (χ3n) is 6.03. The number of aliphatic hydroxyl groups is 2. The van der Waals surface area contributed by atoms with E-state index in [0.717, 1.165) is 41.8 Å². The van der Waals surface area contributed by atoms with Crippen molar-refractivity contribution >= 4 is 23.9 Å². The highest BCUT2D eigenvalue weighted by atomic mass is 16.7. The monoisotopic (exact) mass is 578 g/mol. The highest BCUT2D eigenvalue weighted by Gasteiger charge is 2.40. The van der Waals surface area contributed by atoms with Gasteiger partial charge in [0.05, 0.1) is 37.9 Å². The average Bonchev–Trinajstić information content (AvgIpc) is 3.36. The summed E-state index contributed by atoms with van der Waals surface area (Å²) in [5, 5.41) is 43.8. The Morgan fingerprint density at radius 2 is 1.68 bits per heavy atom. The Morgan fingerprint density at radius 1 is 1.02 bits per heavy atom. The summed E-state index contributed by atoms with van der Waals surface area (Å²) in [6, 6.07) is 7.89. The fourth-order valence-electron chi connectivity index (χ4n) is 4.19. The minimum Gasteiger partial charge on any atom is -0.481 e. The Bertz CT molecular complexity index is 1190. The number of hydrogen-bond acceptors (Lipinski definition) is 12. The highest BCUT2D eigenvalue weighted by molar-refractivity contribution is 5.88. The smallest absolute Gasteiger partial charge is 0.336 e. The van der Waals surface area contributed by atoms with Crippen LogP contribution in [0.1, 0.15) is 31.0 Å². The zero-order valence-electron chi connectivity index (χ0n) is 22.5. The molecule has 1 fully saturated rings. The number of benzene rings is 1. The molecule has 2 aliphatic heterocycles. The van der Waals surface area contributed by atoms with Crippen molar-refractivity contribution < 1.29 is 54.1 Å². The van der Waals surface area contributed by atoms with Crippen molar-refractivity contribution in [2.45, 2.75) is 44.6 Å². The van der Waals surface area contributed by atoms with Crippen molar-refractivity contribution in [1.82, 2.24) is 14.9 Å². The van der Waals surface area contributed by atoms with Gasteiger partial charge in [-0.25, -0.2) is 14.8 Å². The first kappa shape index (κ1) is 31.5. The van der Waals surface area contributed by atoms with Crippen LogP contribution in [0.4, 0.5) is 5.95 Å². The van der Waals surface area contributed by atoms with Crippen LogP contribution in [0.15, 0.2) is 30.5 Å². The van der Waals surface area contributed by atoms with E-state index in [2.05, 4.69) is 14.8 Å². The zero-order valence-corrected chi connectivity index (χ0v) is 22.5. The molecule has 224 valence electrons. The van der Waals surface area contributed by atoms with Crippen LogP contribution in [0.3, 0.4) is 0 Å². The lowest BCUT2D eigenvalue weighted by Gasteiger charge is -2.27. The first-order chi connectivity index (χ1) is 19.4. The number of hydrogen-bond donors (Lipinski definition) is 5. The number of fused-ring (bicyclic) bond motifs is 1. The fraction of sp³-hybridized carbons (Fsp3) is 0.500. The van der Waals surface area contributed by atoms with E-state index in [1.54, 1.807) is 13.1 Å². The number of anilines is 1. The van der Waals surface area contributed by atoms with Crippen molar-refractivity contribution in [2.24, 2.45) is 0 Å². The summed E-state index contributed by atoms with van der Waals surface area (Å²) < 4.78 is 16.3. The average molecular weight is 579 g/mol. The molecule has 1 aromatic carbocycles. The summed E-state index contributed by atoms with van der Waals surface area (Å²) >= 11 is 0. The molecular weight excluding hydrogens is 544 g/mol. The van der Waals surface area contributed by atoms with Gasteiger partial charge in [0.25, 0.3) is 0 Å². The van der Waals surface area contributed by atoms with Gasteiger partial charge in [0, 0.05) is 38.9 Å². The quantitative estimate of drug-likeness (QED) is 0.227. The predicted octanol–water partition coefficient (Wildman–Crippen LogP) is 0.176. The van der Waals surface area contributed by atoms with E-state index < -0.39 is 42.5 Å². The number of nitrogens with zero attached hydrogens (tertiary/aromatic N) is 4. The molecule has 5 N–H and O–H groups in total. The van der Waals surface area contributed by atoms with Crippen LogP contribution in [0.5, 0.6) is 11.5 Å². The molecule has 1 atom stereocenters. The topological polar surface area (TPSA) is 212 Å². The van der Waals surface area contributed by atoms with Crippen LogP contribution in [-0.2, 0) is 32.2 Å². The third-order valence-corrected chi connectivity index (χ3v) is 6.03. The number of carboxylic acid groups (broad SMARTS) is 3. The molecule has 0 bridgehead atoms. The second-order valence-electron chi connectivity index (χ2n) is 9.63. The summed E-state index contributed by atoms with van der Waals surface area (Å²) in [6.45, 7) is 6.92. The van der Waals surface area contributed by atoms with E-state index in [4.69, 9.17) is 39.6 Å². The normalized spacial score (nSPS) is 15.2. The van der Waals surface area contributed by atoms with Crippen molar-refractivity contribution in [3.8, 4) is 11.5 Å².